The summed E-state index contributed by atoms with van der Waals surface area (Å²) in [5.41, 5.74) is 1.89. The highest BCUT2D eigenvalue weighted by molar-refractivity contribution is 7.85. The monoisotopic (exact) mass is 516 g/mol. The lowest BCUT2D eigenvalue weighted by atomic mass is 9.58. The zero-order valence-corrected chi connectivity index (χ0v) is 22.6. The fraction of sp³-hybridized carbons (Fsp3) is 0.840. The van der Waals surface area contributed by atoms with Gasteiger partial charge in [0.15, 0.2) is 11.6 Å². The second-order valence-electron chi connectivity index (χ2n) is 11.8. The standard InChI is InChI=1S/C25H40O9S/c1-14(2)15(3)18-12-25(33-24(6,7)31-18)22(26)20-17(13-29-25)21-16(11-23(20,4)5)9-10-19(30-21)32-34-35(8,27)28/h15,17-20,22,26H,1,9-13H2,2-8H3/t15-,17+,18-,19-,20+,22-,25+/m0/s1. The fourth-order valence-electron chi connectivity index (χ4n) is 6.23. The van der Waals surface area contributed by atoms with E-state index in [1.165, 1.54) is 0 Å². The highest BCUT2D eigenvalue weighted by Gasteiger charge is 2.63. The highest BCUT2D eigenvalue weighted by atomic mass is 32.2. The van der Waals surface area contributed by atoms with Crippen LogP contribution in [0.2, 0.25) is 0 Å². The number of allylic oxidation sites excluding steroid dienone is 1. The Morgan fingerprint density at radius 1 is 1.26 bits per heavy atom. The molecule has 2 saturated heterocycles. The molecule has 0 aromatic carbocycles. The van der Waals surface area contributed by atoms with Gasteiger partial charge in [-0.05, 0) is 44.6 Å². The molecule has 0 radical (unpaired) electrons. The number of ether oxygens (including phenoxy) is 4. The van der Waals surface area contributed by atoms with Crippen molar-refractivity contribution in [2.24, 2.45) is 23.2 Å². The summed E-state index contributed by atoms with van der Waals surface area (Å²) >= 11 is 0. The molecular formula is C25H40O9S. The molecular weight excluding hydrogens is 476 g/mol. The minimum Gasteiger partial charge on any atom is -0.466 e. The maximum absolute atomic E-state index is 11.9. The molecule has 0 amide bonds. The summed E-state index contributed by atoms with van der Waals surface area (Å²) < 4.78 is 52.3. The summed E-state index contributed by atoms with van der Waals surface area (Å²) in [6.07, 6.45) is 1.19. The van der Waals surface area contributed by atoms with E-state index in [0.29, 0.717) is 25.0 Å². The lowest BCUT2D eigenvalue weighted by Crippen LogP contribution is -2.68. The Balaban J connectivity index is 1.61. The van der Waals surface area contributed by atoms with E-state index in [4.69, 9.17) is 23.8 Å². The van der Waals surface area contributed by atoms with Gasteiger partial charge < -0.3 is 24.1 Å². The SMILES string of the molecule is C=C(C)[C@H](C)[C@@H]1C[C@@]2(OC[C@H]3C4=C(CC[C@H](OOS(C)(=O)=O)O4)CC(C)(C)[C@H]3[C@@H]2O)OC(C)(C)O1. The smallest absolute Gasteiger partial charge is 0.290 e. The van der Waals surface area contributed by atoms with Gasteiger partial charge >= 0.3 is 0 Å². The average molecular weight is 517 g/mol. The van der Waals surface area contributed by atoms with E-state index in [1.54, 1.807) is 0 Å². The minimum atomic E-state index is -3.77. The molecule has 1 spiro atoms. The molecule has 0 saturated carbocycles. The van der Waals surface area contributed by atoms with E-state index < -0.39 is 34.1 Å². The van der Waals surface area contributed by atoms with Gasteiger partial charge in [-0.25, -0.2) is 0 Å². The Labute approximate surface area is 208 Å². The second-order valence-corrected chi connectivity index (χ2v) is 13.3. The van der Waals surface area contributed by atoms with Crippen LogP contribution in [-0.4, -0.2) is 56.5 Å². The Morgan fingerprint density at radius 2 is 1.94 bits per heavy atom. The van der Waals surface area contributed by atoms with Crippen LogP contribution in [0.4, 0.5) is 0 Å². The third-order valence-corrected chi connectivity index (χ3v) is 8.20. The molecule has 0 unspecified atom stereocenters. The van der Waals surface area contributed by atoms with E-state index in [9.17, 15) is 13.5 Å². The molecule has 7 atom stereocenters. The lowest BCUT2D eigenvalue weighted by Gasteiger charge is -2.59. The molecule has 1 aliphatic carbocycles. The molecule has 3 heterocycles. The molecule has 3 aliphatic heterocycles. The van der Waals surface area contributed by atoms with Gasteiger partial charge in [0.1, 0.15) is 11.9 Å². The van der Waals surface area contributed by atoms with Crippen LogP contribution in [0, 0.1) is 23.2 Å². The molecule has 0 aromatic heterocycles. The van der Waals surface area contributed by atoms with Crippen LogP contribution in [-0.2, 0) is 38.3 Å². The first-order valence-electron chi connectivity index (χ1n) is 12.3. The van der Waals surface area contributed by atoms with Crippen molar-refractivity contribution in [3.8, 4) is 0 Å². The summed E-state index contributed by atoms with van der Waals surface area (Å²) in [6, 6.07) is 0. The van der Waals surface area contributed by atoms with Gasteiger partial charge in [0, 0.05) is 30.6 Å². The van der Waals surface area contributed by atoms with Crippen LogP contribution in [0.3, 0.4) is 0 Å². The Bertz CT molecular complexity index is 985. The summed E-state index contributed by atoms with van der Waals surface area (Å²) in [5, 5.41) is 11.9. The quantitative estimate of drug-likeness (QED) is 0.331. The summed E-state index contributed by atoms with van der Waals surface area (Å²) in [7, 11) is -3.77. The van der Waals surface area contributed by atoms with Crippen molar-refractivity contribution in [2.45, 2.75) is 97.3 Å². The first-order valence-corrected chi connectivity index (χ1v) is 14.1. The summed E-state index contributed by atoms with van der Waals surface area (Å²) in [4.78, 5) is 5.06. The first kappa shape index (κ1) is 27.0. The number of aliphatic hydroxyl groups is 1. The van der Waals surface area contributed by atoms with Crippen molar-refractivity contribution in [2.75, 3.05) is 12.9 Å². The molecule has 0 bridgehead atoms. The van der Waals surface area contributed by atoms with Crippen molar-refractivity contribution in [1.29, 1.82) is 0 Å². The van der Waals surface area contributed by atoms with E-state index in [1.807, 2.05) is 20.8 Å². The number of rotatable bonds is 5. The topological polar surface area (TPSA) is 110 Å². The average Bonchev–Trinajstić information content (AvgIpc) is 2.72. The largest absolute Gasteiger partial charge is 0.466 e. The van der Waals surface area contributed by atoms with Gasteiger partial charge in [0.2, 0.25) is 6.29 Å². The van der Waals surface area contributed by atoms with Gasteiger partial charge in [0.05, 0.1) is 19.0 Å². The van der Waals surface area contributed by atoms with Gasteiger partial charge in [-0.1, -0.05) is 32.9 Å². The Hall–Kier alpha value is -1.01. The maximum Gasteiger partial charge on any atom is 0.290 e. The summed E-state index contributed by atoms with van der Waals surface area (Å²) in [6.45, 7) is 16.4. The second kappa shape index (κ2) is 9.08. The number of hydrogen-bond donors (Lipinski definition) is 1. The number of fused-ring (bicyclic) bond motifs is 2. The van der Waals surface area contributed by atoms with E-state index in [-0.39, 0.29) is 35.9 Å². The minimum absolute atomic E-state index is 0.0617. The van der Waals surface area contributed by atoms with Crippen LogP contribution < -0.4 is 0 Å². The molecule has 10 heteroatoms. The number of hydrogen-bond acceptors (Lipinski definition) is 9. The zero-order chi connectivity index (χ0) is 26.0. The van der Waals surface area contributed by atoms with Crippen molar-refractivity contribution < 1.29 is 41.7 Å². The van der Waals surface area contributed by atoms with Crippen molar-refractivity contribution in [1.82, 2.24) is 0 Å². The molecule has 200 valence electrons. The zero-order valence-electron chi connectivity index (χ0n) is 21.8. The van der Waals surface area contributed by atoms with Crippen LogP contribution in [0.1, 0.15) is 67.2 Å². The molecule has 0 aromatic rings. The van der Waals surface area contributed by atoms with E-state index >= 15 is 0 Å². The third-order valence-electron chi connectivity index (χ3n) is 7.87. The third kappa shape index (κ3) is 5.35. The van der Waals surface area contributed by atoms with Crippen LogP contribution in [0.15, 0.2) is 23.5 Å². The Kier molecular flexibility index (Phi) is 7.01. The van der Waals surface area contributed by atoms with Crippen molar-refractivity contribution in [3.05, 3.63) is 23.5 Å². The van der Waals surface area contributed by atoms with Gasteiger partial charge in [0.25, 0.3) is 10.1 Å². The van der Waals surface area contributed by atoms with E-state index in [2.05, 4.69) is 31.7 Å². The van der Waals surface area contributed by atoms with Crippen LogP contribution >= 0.6 is 0 Å². The van der Waals surface area contributed by atoms with Crippen molar-refractivity contribution in [3.63, 3.8) is 0 Å². The van der Waals surface area contributed by atoms with Crippen LogP contribution in [0.5, 0.6) is 0 Å². The molecule has 35 heavy (non-hydrogen) atoms. The first-order chi connectivity index (χ1) is 16.0. The number of aliphatic hydroxyl groups excluding tert-OH is 1. The maximum atomic E-state index is 11.9. The molecule has 4 aliphatic rings. The lowest BCUT2D eigenvalue weighted by molar-refractivity contribution is -0.445. The highest BCUT2D eigenvalue weighted by Crippen LogP contribution is 2.57. The predicted octanol–water partition coefficient (Wildman–Crippen LogP) is 3.79. The van der Waals surface area contributed by atoms with Crippen LogP contribution in [0.25, 0.3) is 0 Å². The molecule has 2 fully saturated rings. The molecule has 1 N–H and O–H groups in total. The van der Waals surface area contributed by atoms with Gasteiger partial charge in [-0.2, -0.15) is 13.3 Å². The molecule has 4 rings (SSSR count). The van der Waals surface area contributed by atoms with E-state index in [0.717, 1.165) is 23.8 Å². The molecule has 9 nitrogen and oxygen atoms in total. The Morgan fingerprint density at radius 3 is 2.57 bits per heavy atom. The van der Waals surface area contributed by atoms with Crippen molar-refractivity contribution >= 4 is 10.1 Å². The summed E-state index contributed by atoms with van der Waals surface area (Å²) in [5.74, 6) is -1.87. The predicted molar refractivity (Wildman–Crippen MR) is 127 cm³/mol. The van der Waals surface area contributed by atoms with Gasteiger partial charge in [-0.15, -0.1) is 4.33 Å². The van der Waals surface area contributed by atoms with Gasteiger partial charge in [-0.3, -0.25) is 0 Å². The normalized spacial score (nSPS) is 39.4. The fourth-order valence-corrected chi connectivity index (χ4v) is 6.46.